The highest BCUT2D eigenvalue weighted by atomic mass is 19.1. The molecule has 8 nitrogen and oxygen atoms in total. The number of nitrogens with one attached hydrogen (secondary N) is 2. The van der Waals surface area contributed by atoms with Crippen molar-refractivity contribution in [1.29, 1.82) is 0 Å². The molecule has 1 aliphatic heterocycles. The summed E-state index contributed by atoms with van der Waals surface area (Å²) in [5, 5.41) is 0. The van der Waals surface area contributed by atoms with Crippen molar-refractivity contribution < 1.29 is 18.8 Å². The molecule has 0 unspecified atom stereocenters. The molecule has 2 aromatic carbocycles. The number of hydrogen-bond acceptors (Lipinski definition) is 4. The van der Waals surface area contributed by atoms with E-state index in [0.29, 0.717) is 24.3 Å². The van der Waals surface area contributed by atoms with Crippen molar-refractivity contribution in [3.8, 4) is 5.69 Å². The molecular formula is C21H18FN5O3. The monoisotopic (exact) mass is 407 g/mol. The fraction of sp³-hybridized carbons (Fsp3) is 0.143. The summed E-state index contributed by atoms with van der Waals surface area (Å²) in [5.74, 6) is -1.58. The number of rotatable bonds is 4. The molecular weight excluding hydrogens is 389 g/mol. The Kier molecular flexibility index (Phi) is 5.25. The zero-order valence-corrected chi connectivity index (χ0v) is 15.8. The minimum Gasteiger partial charge on any atom is -0.312 e. The van der Waals surface area contributed by atoms with Crippen LogP contribution in [0, 0.1) is 5.82 Å². The number of hydrazine groups is 1. The van der Waals surface area contributed by atoms with Gasteiger partial charge in [-0.3, -0.25) is 29.8 Å². The fourth-order valence-electron chi connectivity index (χ4n) is 3.32. The number of imidazole rings is 1. The molecule has 0 spiro atoms. The third kappa shape index (κ3) is 3.77. The van der Waals surface area contributed by atoms with Gasteiger partial charge in [-0.15, -0.1) is 0 Å². The molecule has 0 aliphatic carbocycles. The molecule has 1 saturated heterocycles. The van der Waals surface area contributed by atoms with Crippen molar-refractivity contribution in [3.05, 3.63) is 78.1 Å². The fourth-order valence-corrected chi connectivity index (χ4v) is 3.32. The van der Waals surface area contributed by atoms with Gasteiger partial charge in [-0.1, -0.05) is 12.1 Å². The van der Waals surface area contributed by atoms with Gasteiger partial charge in [-0.05, 0) is 42.8 Å². The molecule has 3 aromatic rings. The van der Waals surface area contributed by atoms with E-state index in [1.54, 1.807) is 29.2 Å². The van der Waals surface area contributed by atoms with E-state index in [4.69, 9.17) is 0 Å². The van der Waals surface area contributed by atoms with Crippen LogP contribution in [0.15, 0.2) is 61.1 Å². The Hall–Kier alpha value is -4.01. The average molecular weight is 407 g/mol. The van der Waals surface area contributed by atoms with E-state index in [1.165, 1.54) is 41.4 Å². The highest BCUT2D eigenvalue weighted by Crippen LogP contribution is 2.25. The largest absolute Gasteiger partial charge is 0.312 e. The maximum Gasteiger partial charge on any atom is 0.288 e. The third-order valence-corrected chi connectivity index (χ3v) is 4.78. The second kappa shape index (κ2) is 8.16. The maximum absolute atomic E-state index is 13.2. The molecule has 0 bridgehead atoms. The number of benzene rings is 2. The van der Waals surface area contributed by atoms with E-state index in [1.807, 2.05) is 0 Å². The van der Waals surface area contributed by atoms with E-state index in [9.17, 15) is 18.8 Å². The smallest absolute Gasteiger partial charge is 0.288 e. The van der Waals surface area contributed by atoms with Gasteiger partial charge >= 0.3 is 0 Å². The van der Waals surface area contributed by atoms with Gasteiger partial charge in [0.1, 0.15) is 11.5 Å². The summed E-state index contributed by atoms with van der Waals surface area (Å²) in [4.78, 5) is 42.8. The molecule has 9 heteroatoms. The van der Waals surface area contributed by atoms with Crippen LogP contribution in [0.5, 0.6) is 0 Å². The van der Waals surface area contributed by atoms with Crippen molar-refractivity contribution >= 4 is 23.4 Å². The molecule has 1 aliphatic rings. The van der Waals surface area contributed by atoms with Gasteiger partial charge in [0.25, 0.3) is 11.8 Å². The number of halogens is 1. The van der Waals surface area contributed by atoms with Crippen LogP contribution in [-0.4, -0.2) is 33.8 Å². The highest BCUT2D eigenvalue weighted by Gasteiger charge is 2.25. The normalized spacial score (nSPS) is 13.4. The zero-order valence-electron chi connectivity index (χ0n) is 15.8. The molecule has 152 valence electrons. The van der Waals surface area contributed by atoms with Crippen molar-refractivity contribution in [2.24, 2.45) is 0 Å². The Balaban J connectivity index is 1.48. The van der Waals surface area contributed by atoms with Crippen LogP contribution >= 0.6 is 0 Å². The number of hydrogen-bond donors (Lipinski definition) is 2. The lowest BCUT2D eigenvalue weighted by Gasteiger charge is -2.19. The van der Waals surface area contributed by atoms with Gasteiger partial charge in [0, 0.05) is 18.7 Å². The Bertz CT molecular complexity index is 1110. The second-order valence-corrected chi connectivity index (χ2v) is 6.70. The number of carbonyl (C=O) groups excluding carboxylic acids is 3. The molecule has 1 fully saturated rings. The van der Waals surface area contributed by atoms with Crippen LogP contribution in [0.25, 0.3) is 5.69 Å². The molecule has 1 aromatic heterocycles. The maximum atomic E-state index is 13.2. The average Bonchev–Trinajstić information content (AvgIpc) is 3.41. The molecule has 4 rings (SSSR count). The molecule has 3 amide bonds. The summed E-state index contributed by atoms with van der Waals surface area (Å²) in [7, 11) is 0. The van der Waals surface area contributed by atoms with E-state index >= 15 is 0 Å². The van der Waals surface area contributed by atoms with Crippen LogP contribution in [-0.2, 0) is 4.79 Å². The van der Waals surface area contributed by atoms with Crippen LogP contribution < -0.4 is 15.8 Å². The number of carbonyl (C=O) groups is 3. The summed E-state index contributed by atoms with van der Waals surface area (Å²) in [6.45, 7) is 0.548. The SMILES string of the molecule is O=C(NNC(=O)c1cncn1-c1ccc(F)cc1)c1ccccc1N1CCCC1=O. The van der Waals surface area contributed by atoms with Crippen molar-refractivity contribution in [2.75, 3.05) is 11.4 Å². The summed E-state index contributed by atoms with van der Waals surface area (Å²) >= 11 is 0. The number of amides is 3. The lowest BCUT2D eigenvalue weighted by molar-refractivity contribution is -0.117. The number of anilines is 1. The van der Waals surface area contributed by atoms with Gasteiger partial charge in [-0.25, -0.2) is 9.37 Å². The zero-order chi connectivity index (χ0) is 21.1. The first kappa shape index (κ1) is 19.3. The van der Waals surface area contributed by atoms with Crippen molar-refractivity contribution in [2.45, 2.75) is 12.8 Å². The second-order valence-electron chi connectivity index (χ2n) is 6.70. The number of nitrogens with zero attached hydrogens (tertiary/aromatic N) is 3. The molecule has 30 heavy (non-hydrogen) atoms. The molecule has 0 saturated carbocycles. The van der Waals surface area contributed by atoms with Crippen LogP contribution in [0.1, 0.15) is 33.7 Å². The number of para-hydroxylation sites is 1. The summed E-state index contributed by atoms with van der Waals surface area (Å²) < 4.78 is 14.6. The summed E-state index contributed by atoms with van der Waals surface area (Å²) in [6.07, 6.45) is 3.93. The minimum atomic E-state index is -0.597. The Morgan fingerprint density at radius 3 is 2.47 bits per heavy atom. The van der Waals surface area contributed by atoms with E-state index < -0.39 is 17.6 Å². The van der Waals surface area contributed by atoms with Gasteiger partial charge < -0.3 is 4.90 Å². The first-order valence-electron chi connectivity index (χ1n) is 9.33. The topological polar surface area (TPSA) is 96.3 Å². The number of aromatic nitrogens is 2. The lowest BCUT2D eigenvalue weighted by atomic mass is 10.1. The predicted octanol–water partition coefficient (Wildman–Crippen LogP) is 2.21. The van der Waals surface area contributed by atoms with E-state index in [2.05, 4.69) is 15.8 Å². The quantitative estimate of drug-likeness (QED) is 0.648. The Morgan fingerprint density at radius 2 is 1.73 bits per heavy atom. The standard InChI is InChI=1S/C21H18FN5O3/c22-14-7-9-15(10-8-14)27-13-23-12-18(27)21(30)25-24-20(29)16-4-1-2-5-17(16)26-11-3-6-19(26)28/h1-2,4-5,7-10,12-13H,3,6,11H2,(H,24,29)(H,25,30). The van der Waals surface area contributed by atoms with Crippen molar-refractivity contribution in [1.82, 2.24) is 20.4 Å². The highest BCUT2D eigenvalue weighted by molar-refractivity contribution is 6.06. The molecule has 0 radical (unpaired) electrons. The minimum absolute atomic E-state index is 0.0394. The lowest BCUT2D eigenvalue weighted by Crippen LogP contribution is -2.43. The first-order valence-corrected chi connectivity index (χ1v) is 9.33. The summed E-state index contributed by atoms with van der Waals surface area (Å²) in [6, 6.07) is 12.3. The third-order valence-electron chi connectivity index (χ3n) is 4.78. The Morgan fingerprint density at radius 1 is 1.00 bits per heavy atom. The molecule has 2 heterocycles. The van der Waals surface area contributed by atoms with E-state index in [0.717, 1.165) is 6.42 Å². The van der Waals surface area contributed by atoms with Gasteiger partial charge in [0.2, 0.25) is 5.91 Å². The van der Waals surface area contributed by atoms with Gasteiger partial charge in [-0.2, -0.15) is 0 Å². The van der Waals surface area contributed by atoms with E-state index in [-0.39, 0.29) is 17.2 Å². The van der Waals surface area contributed by atoms with Gasteiger partial charge in [0.15, 0.2) is 0 Å². The van der Waals surface area contributed by atoms with Crippen LogP contribution in [0.2, 0.25) is 0 Å². The summed E-state index contributed by atoms with van der Waals surface area (Å²) in [5.41, 5.74) is 6.22. The first-order chi connectivity index (χ1) is 14.5. The van der Waals surface area contributed by atoms with Crippen LogP contribution in [0.3, 0.4) is 0 Å². The predicted molar refractivity (Wildman–Crippen MR) is 106 cm³/mol. The van der Waals surface area contributed by atoms with Crippen LogP contribution in [0.4, 0.5) is 10.1 Å². The molecule has 0 atom stereocenters. The van der Waals surface area contributed by atoms with Gasteiger partial charge in [0.05, 0.1) is 23.8 Å². The Labute approximate surface area is 171 Å². The molecule has 2 N–H and O–H groups in total. The van der Waals surface area contributed by atoms with Crippen molar-refractivity contribution in [3.63, 3.8) is 0 Å².